The van der Waals surface area contributed by atoms with E-state index in [2.05, 4.69) is 9.47 Å². The van der Waals surface area contributed by atoms with Crippen LogP contribution in [0, 0.1) is 0 Å². The predicted molar refractivity (Wildman–Crippen MR) is 114 cm³/mol. The van der Waals surface area contributed by atoms with Crippen LogP contribution >= 0.6 is 0 Å². The first-order chi connectivity index (χ1) is 15.0. The maximum Gasteiger partial charge on any atom is 0.513 e. The smallest absolute Gasteiger partial charge is 0.494 e. The zero-order valence-corrected chi connectivity index (χ0v) is 18.5. The van der Waals surface area contributed by atoms with E-state index in [0.717, 1.165) is 16.7 Å². The topological polar surface area (TPSA) is 89.5 Å². The first-order valence-electron chi connectivity index (χ1n) is 9.91. The van der Waals surface area contributed by atoms with Gasteiger partial charge in [-0.3, -0.25) is 0 Å². The molecule has 0 saturated heterocycles. The van der Waals surface area contributed by atoms with Crippen LogP contribution in [0.5, 0.6) is 17.2 Å². The lowest BCUT2D eigenvalue weighted by molar-refractivity contribution is 0.119. The standard InChI is InChI=1S/C23H28O8/c1-6-17-18(11-12-26-3)21(15-9-8-10-16(13-15)29-7-2)20(31-23(25)28-5)14-19(17)30-22(24)27-4/h8-10,13-14H,6-7,11-12H2,1-5H3. The summed E-state index contributed by atoms with van der Waals surface area (Å²) in [6.45, 7) is 4.76. The Labute approximate surface area is 182 Å². The summed E-state index contributed by atoms with van der Waals surface area (Å²) < 4.78 is 31.1. The molecule has 0 aliphatic rings. The van der Waals surface area contributed by atoms with Gasteiger partial charge in [0.05, 0.1) is 27.4 Å². The first-order valence-corrected chi connectivity index (χ1v) is 9.91. The molecule has 0 spiro atoms. The first kappa shape index (κ1) is 24.0. The molecule has 2 rings (SSSR count). The van der Waals surface area contributed by atoms with Crippen molar-refractivity contribution >= 4 is 12.3 Å². The van der Waals surface area contributed by atoms with E-state index >= 15 is 0 Å². The van der Waals surface area contributed by atoms with Crippen molar-refractivity contribution < 1.29 is 38.0 Å². The molecule has 0 aliphatic carbocycles. The van der Waals surface area contributed by atoms with Gasteiger partial charge >= 0.3 is 12.3 Å². The zero-order valence-electron chi connectivity index (χ0n) is 18.5. The summed E-state index contributed by atoms with van der Waals surface area (Å²) in [6.07, 6.45) is -0.720. The molecule has 0 aromatic heterocycles. The Morgan fingerprint density at radius 2 is 1.55 bits per heavy atom. The lowest BCUT2D eigenvalue weighted by Gasteiger charge is -2.21. The average Bonchev–Trinajstić information content (AvgIpc) is 2.77. The Kier molecular flexibility index (Phi) is 9.14. The van der Waals surface area contributed by atoms with Crippen LogP contribution in [0.4, 0.5) is 9.59 Å². The van der Waals surface area contributed by atoms with Gasteiger partial charge < -0.3 is 28.4 Å². The molecular formula is C23H28O8. The van der Waals surface area contributed by atoms with Gasteiger partial charge in [-0.25, -0.2) is 9.59 Å². The van der Waals surface area contributed by atoms with Crippen molar-refractivity contribution in [2.24, 2.45) is 0 Å². The number of methoxy groups -OCH3 is 3. The molecule has 0 unspecified atom stereocenters. The van der Waals surface area contributed by atoms with Crippen LogP contribution in [0.2, 0.25) is 0 Å². The van der Waals surface area contributed by atoms with Crippen molar-refractivity contribution in [2.45, 2.75) is 26.7 Å². The number of carbonyl (C=O) groups excluding carboxylic acids is 2. The molecule has 2 aromatic rings. The Morgan fingerprint density at radius 1 is 0.871 bits per heavy atom. The molecule has 0 aliphatic heterocycles. The number of ether oxygens (including phenoxy) is 6. The fourth-order valence-electron chi connectivity index (χ4n) is 3.25. The van der Waals surface area contributed by atoms with Crippen molar-refractivity contribution in [1.82, 2.24) is 0 Å². The molecule has 31 heavy (non-hydrogen) atoms. The number of rotatable bonds is 9. The second-order valence-electron chi connectivity index (χ2n) is 6.37. The zero-order chi connectivity index (χ0) is 22.8. The van der Waals surface area contributed by atoms with Gasteiger partial charge in [0.15, 0.2) is 0 Å². The van der Waals surface area contributed by atoms with E-state index < -0.39 is 12.3 Å². The number of hydrogen-bond acceptors (Lipinski definition) is 8. The van der Waals surface area contributed by atoms with Gasteiger partial charge in [-0.2, -0.15) is 0 Å². The maximum atomic E-state index is 12.0. The van der Waals surface area contributed by atoms with Gasteiger partial charge in [0.25, 0.3) is 0 Å². The summed E-state index contributed by atoms with van der Waals surface area (Å²) in [4.78, 5) is 23.8. The van der Waals surface area contributed by atoms with E-state index in [1.165, 1.54) is 20.3 Å². The molecule has 8 nitrogen and oxygen atoms in total. The largest absolute Gasteiger partial charge is 0.513 e. The minimum absolute atomic E-state index is 0.183. The third kappa shape index (κ3) is 6.11. The van der Waals surface area contributed by atoms with Crippen LogP contribution in [0.15, 0.2) is 30.3 Å². The molecule has 0 atom stereocenters. The average molecular weight is 432 g/mol. The molecule has 0 N–H and O–H groups in total. The Morgan fingerprint density at radius 3 is 2.13 bits per heavy atom. The molecule has 2 aromatic carbocycles. The van der Waals surface area contributed by atoms with Gasteiger partial charge in [0.2, 0.25) is 0 Å². The minimum Gasteiger partial charge on any atom is -0.494 e. The summed E-state index contributed by atoms with van der Waals surface area (Å²) in [6, 6.07) is 8.94. The molecule has 0 amide bonds. The normalized spacial score (nSPS) is 10.4. The third-order valence-corrected chi connectivity index (χ3v) is 4.54. The van der Waals surface area contributed by atoms with Crippen LogP contribution in [0.25, 0.3) is 11.1 Å². The highest BCUT2D eigenvalue weighted by atomic mass is 16.7. The highest BCUT2D eigenvalue weighted by Crippen LogP contribution is 2.42. The molecule has 168 valence electrons. The predicted octanol–water partition coefficient (Wildman–Crippen LogP) is 4.79. The number of benzene rings is 2. The number of carbonyl (C=O) groups is 2. The van der Waals surface area contributed by atoms with Crippen LogP contribution in [0.1, 0.15) is 25.0 Å². The Hall–Kier alpha value is -3.26. The number of hydrogen-bond donors (Lipinski definition) is 0. The SMILES string of the molecule is CCOc1cccc(-c2c(OC(=O)OC)cc(OC(=O)OC)c(CC)c2CCOC)c1. The summed E-state index contributed by atoms with van der Waals surface area (Å²) in [5.41, 5.74) is 3.03. The van der Waals surface area contributed by atoms with E-state index in [-0.39, 0.29) is 11.5 Å². The van der Waals surface area contributed by atoms with Gasteiger partial charge in [-0.05, 0) is 48.6 Å². The van der Waals surface area contributed by atoms with Gasteiger partial charge in [-0.15, -0.1) is 0 Å². The van der Waals surface area contributed by atoms with Crippen molar-refractivity contribution in [3.63, 3.8) is 0 Å². The molecule has 0 heterocycles. The monoisotopic (exact) mass is 432 g/mol. The quantitative estimate of drug-likeness (QED) is 0.413. The van der Waals surface area contributed by atoms with E-state index in [4.69, 9.17) is 18.9 Å². The van der Waals surface area contributed by atoms with E-state index in [1.54, 1.807) is 7.11 Å². The van der Waals surface area contributed by atoms with Crippen molar-refractivity contribution in [1.29, 1.82) is 0 Å². The van der Waals surface area contributed by atoms with Crippen LogP contribution in [-0.4, -0.2) is 46.9 Å². The fourth-order valence-corrected chi connectivity index (χ4v) is 3.25. The Bertz CT molecular complexity index is 907. The second kappa shape index (κ2) is 11.8. The van der Waals surface area contributed by atoms with Gasteiger partial charge in [0, 0.05) is 18.7 Å². The third-order valence-electron chi connectivity index (χ3n) is 4.54. The van der Waals surface area contributed by atoms with Gasteiger partial charge in [-0.1, -0.05) is 19.1 Å². The molecule has 0 bridgehead atoms. The summed E-state index contributed by atoms with van der Waals surface area (Å²) in [7, 11) is 4.04. The van der Waals surface area contributed by atoms with Crippen LogP contribution in [0.3, 0.4) is 0 Å². The minimum atomic E-state index is -0.895. The summed E-state index contributed by atoms with van der Waals surface area (Å²) in [5.74, 6) is 1.10. The van der Waals surface area contributed by atoms with Gasteiger partial charge in [0.1, 0.15) is 17.2 Å². The summed E-state index contributed by atoms with van der Waals surface area (Å²) >= 11 is 0. The summed E-state index contributed by atoms with van der Waals surface area (Å²) in [5, 5.41) is 0. The molecule has 8 heteroatoms. The highest BCUT2D eigenvalue weighted by molar-refractivity contribution is 5.81. The van der Waals surface area contributed by atoms with Crippen molar-refractivity contribution in [2.75, 3.05) is 34.5 Å². The lowest BCUT2D eigenvalue weighted by atomic mass is 9.90. The van der Waals surface area contributed by atoms with E-state index in [9.17, 15) is 9.59 Å². The Balaban J connectivity index is 2.80. The van der Waals surface area contributed by atoms with Crippen molar-refractivity contribution in [3.8, 4) is 28.4 Å². The lowest BCUT2D eigenvalue weighted by Crippen LogP contribution is -2.14. The van der Waals surface area contributed by atoms with Crippen molar-refractivity contribution in [3.05, 3.63) is 41.5 Å². The molecule has 0 radical (unpaired) electrons. The fraction of sp³-hybridized carbons (Fsp3) is 0.391. The van der Waals surface area contributed by atoms with E-state index in [0.29, 0.717) is 37.4 Å². The van der Waals surface area contributed by atoms with E-state index in [1.807, 2.05) is 38.1 Å². The van der Waals surface area contributed by atoms with Crippen LogP contribution in [-0.2, 0) is 27.1 Å². The molecule has 0 fully saturated rings. The maximum absolute atomic E-state index is 12.0. The second-order valence-corrected chi connectivity index (χ2v) is 6.37. The molecule has 0 saturated carbocycles. The van der Waals surface area contributed by atoms with Crippen LogP contribution < -0.4 is 14.2 Å². The molecular weight excluding hydrogens is 404 g/mol. The highest BCUT2D eigenvalue weighted by Gasteiger charge is 2.24.